The molecule has 3 aromatic carbocycles. The van der Waals surface area contributed by atoms with Gasteiger partial charge in [0, 0.05) is 22.6 Å². The summed E-state index contributed by atoms with van der Waals surface area (Å²) in [5, 5.41) is 9.25. The number of nitrogens with one attached hydrogen (secondary N) is 3. The van der Waals surface area contributed by atoms with Crippen molar-refractivity contribution < 1.29 is 9.53 Å². The maximum absolute atomic E-state index is 12.5. The van der Waals surface area contributed by atoms with Gasteiger partial charge in [-0.3, -0.25) is 10.1 Å². The van der Waals surface area contributed by atoms with Crippen LogP contribution < -0.4 is 20.7 Å². The van der Waals surface area contributed by atoms with Crippen molar-refractivity contribution in [3.8, 4) is 5.75 Å². The highest BCUT2D eigenvalue weighted by Crippen LogP contribution is 2.27. The molecule has 0 radical (unpaired) electrons. The number of carbonyl (C=O) groups excluding carboxylic acids is 1. The predicted molar refractivity (Wildman–Crippen MR) is 130 cm³/mol. The van der Waals surface area contributed by atoms with Crippen LogP contribution in [0.3, 0.4) is 0 Å². The summed E-state index contributed by atoms with van der Waals surface area (Å²) in [4.78, 5) is 12.5. The second-order valence-corrected chi connectivity index (χ2v) is 8.05. The molecule has 0 fully saturated rings. The van der Waals surface area contributed by atoms with Gasteiger partial charge in [0.25, 0.3) is 5.91 Å². The number of hydrogen-bond acceptors (Lipinski definition) is 4. The number of para-hydroxylation sites is 1. The molecule has 0 atom stereocenters. The zero-order chi connectivity index (χ0) is 21.5. The number of hydrogen-bond donors (Lipinski definition) is 3. The quantitative estimate of drug-likeness (QED) is 0.369. The summed E-state index contributed by atoms with van der Waals surface area (Å²) < 4.78 is 6.38. The summed E-state index contributed by atoms with van der Waals surface area (Å²) in [6, 6.07) is 22.7. The van der Waals surface area contributed by atoms with Crippen LogP contribution in [-0.2, 0) is 0 Å². The van der Waals surface area contributed by atoms with E-state index in [9.17, 15) is 4.79 Å². The molecule has 30 heavy (non-hydrogen) atoms. The van der Waals surface area contributed by atoms with Gasteiger partial charge in [0.1, 0.15) is 5.75 Å². The number of rotatable bonds is 6. The van der Waals surface area contributed by atoms with Crippen LogP contribution in [-0.4, -0.2) is 17.1 Å². The van der Waals surface area contributed by atoms with Crippen LogP contribution in [0.5, 0.6) is 5.75 Å². The molecular weight excluding hydrogens is 462 g/mol. The molecule has 0 aliphatic rings. The van der Waals surface area contributed by atoms with Crippen LogP contribution in [0.1, 0.15) is 24.2 Å². The third-order valence-electron chi connectivity index (χ3n) is 3.99. The number of anilines is 3. The van der Waals surface area contributed by atoms with E-state index in [1.807, 2.05) is 68.4 Å². The van der Waals surface area contributed by atoms with Crippen molar-refractivity contribution in [2.24, 2.45) is 0 Å². The Balaban J connectivity index is 1.56. The minimum absolute atomic E-state index is 0.0482. The van der Waals surface area contributed by atoms with Gasteiger partial charge >= 0.3 is 0 Å². The fraction of sp³-hybridized carbons (Fsp3) is 0.130. The minimum Gasteiger partial charge on any atom is -0.490 e. The lowest BCUT2D eigenvalue weighted by molar-refractivity contribution is 0.0977. The van der Waals surface area contributed by atoms with E-state index in [4.69, 9.17) is 17.0 Å². The summed E-state index contributed by atoms with van der Waals surface area (Å²) in [6.07, 6.45) is 0.0482. The van der Waals surface area contributed by atoms with Crippen molar-refractivity contribution >= 4 is 56.2 Å². The van der Waals surface area contributed by atoms with Crippen LogP contribution >= 0.6 is 28.1 Å². The molecule has 3 N–H and O–H groups in total. The maximum atomic E-state index is 12.5. The van der Waals surface area contributed by atoms with E-state index in [0.717, 1.165) is 17.1 Å². The minimum atomic E-state index is -0.299. The van der Waals surface area contributed by atoms with Gasteiger partial charge in [0.05, 0.1) is 10.6 Å². The van der Waals surface area contributed by atoms with E-state index >= 15 is 0 Å². The van der Waals surface area contributed by atoms with Gasteiger partial charge < -0.3 is 15.4 Å². The summed E-state index contributed by atoms with van der Waals surface area (Å²) >= 11 is 8.71. The van der Waals surface area contributed by atoms with E-state index in [2.05, 4.69) is 31.9 Å². The number of amides is 1. The Labute approximate surface area is 190 Å². The van der Waals surface area contributed by atoms with Crippen molar-refractivity contribution in [3.63, 3.8) is 0 Å². The fourth-order valence-corrected chi connectivity index (χ4v) is 3.34. The first-order chi connectivity index (χ1) is 14.4. The molecule has 0 heterocycles. The average Bonchev–Trinajstić information content (AvgIpc) is 2.71. The third kappa shape index (κ3) is 6.30. The van der Waals surface area contributed by atoms with Gasteiger partial charge in [-0.25, -0.2) is 0 Å². The number of halogens is 1. The molecule has 5 nitrogen and oxygen atoms in total. The van der Waals surface area contributed by atoms with Crippen LogP contribution in [0.25, 0.3) is 0 Å². The first-order valence-corrected chi connectivity index (χ1v) is 10.6. The lowest BCUT2D eigenvalue weighted by atomic mass is 10.2. The third-order valence-corrected chi connectivity index (χ3v) is 4.81. The van der Waals surface area contributed by atoms with Crippen LogP contribution in [0.2, 0.25) is 0 Å². The molecule has 0 unspecified atom stereocenters. The molecule has 3 rings (SSSR count). The lowest BCUT2D eigenvalue weighted by Gasteiger charge is -2.13. The van der Waals surface area contributed by atoms with E-state index in [0.29, 0.717) is 15.8 Å². The Morgan fingerprint density at radius 1 is 0.933 bits per heavy atom. The number of carbonyl (C=O) groups is 1. The zero-order valence-electron chi connectivity index (χ0n) is 16.6. The fourth-order valence-electron chi connectivity index (χ4n) is 2.65. The van der Waals surface area contributed by atoms with Crippen LogP contribution in [0, 0.1) is 0 Å². The van der Waals surface area contributed by atoms with Crippen molar-refractivity contribution in [1.82, 2.24) is 5.32 Å². The highest BCUT2D eigenvalue weighted by Gasteiger charge is 2.12. The summed E-state index contributed by atoms with van der Waals surface area (Å²) in [5.74, 6) is 0.387. The standard InChI is InChI=1S/C23H22BrN3O2S/c1-15(2)29-21-13-8-16(14-20(21)24)22(28)27-23(30)26-19-11-9-18(10-12-19)25-17-6-4-3-5-7-17/h3-15,25H,1-2H3,(H2,26,27,28,30). The molecule has 0 bridgehead atoms. The smallest absolute Gasteiger partial charge is 0.257 e. The van der Waals surface area contributed by atoms with Crippen molar-refractivity contribution in [1.29, 1.82) is 0 Å². The first kappa shape index (κ1) is 21.8. The Bertz CT molecular complexity index is 1020. The summed E-state index contributed by atoms with van der Waals surface area (Å²) in [5.41, 5.74) is 3.22. The van der Waals surface area contributed by atoms with Gasteiger partial charge in [0.2, 0.25) is 0 Å². The molecular formula is C23H22BrN3O2S. The van der Waals surface area contributed by atoms with Gasteiger partial charge in [-0.2, -0.15) is 0 Å². The molecule has 0 saturated carbocycles. The number of thiocarbonyl (C=S) groups is 1. The molecule has 154 valence electrons. The monoisotopic (exact) mass is 483 g/mol. The Hall–Kier alpha value is -2.90. The molecule has 7 heteroatoms. The second kappa shape index (κ2) is 10.2. The number of benzene rings is 3. The molecule has 0 aromatic heterocycles. The molecule has 0 aliphatic heterocycles. The van der Waals surface area contributed by atoms with Crippen LogP contribution in [0.4, 0.5) is 17.1 Å². The summed E-state index contributed by atoms with van der Waals surface area (Å²) in [6.45, 7) is 3.89. The topological polar surface area (TPSA) is 62.4 Å². The molecule has 1 amide bonds. The Morgan fingerprint density at radius 2 is 1.57 bits per heavy atom. The van der Waals surface area contributed by atoms with E-state index < -0.39 is 0 Å². The van der Waals surface area contributed by atoms with Gasteiger partial charge in [-0.1, -0.05) is 18.2 Å². The first-order valence-electron chi connectivity index (χ1n) is 9.41. The average molecular weight is 484 g/mol. The SMILES string of the molecule is CC(C)Oc1ccc(C(=O)NC(=S)Nc2ccc(Nc3ccccc3)cc2)cc1Br. The summed E-state index contributed by atoms with van der Waals surface area (Å²) in [7, 11) is 0. The van der Waals surface area contributed by atoms with E-state index in [1.165, 1.54) is 0 Å². The van der Waals surface area contributed by atoms with Crippen molar-refractivity contribution in [2.45, 2.75) is 20.0 Å². The van der Waals surface area contributed by atoms with Crippen molar-refractivity contribution in [2.75, 3.05) is 10.6 Å². The highest BCUT2D eigenvalue weighted by molar-refractivity contribution is 9.10. The Morgan fingerprint density at radius 3 is 2.20 bits per heavy atom. The zero-order valence-corrected chi connectivity index (χ0v) is 19.0. The maximum Gasteiger partial charge on any atom is 0.257 e. The van der Waals surface area contributed by atoms with Crippen molar-refractivity contribution in [3.05, 3.63) is 82.8 Å². The molecule has 3 aromatic rings. The van der Waals surface area contributed by atoms with Gasteiger partial charge in [-0.05, 0) is 96.6 Å². The van der Waals surface area contributed by atoms with E-state index in [-0.39, 0.29) is 17.1 Å². The van der Waals surface area contributed by atoms with E-state index in [1.54, 1.807) is 18.2 Å². The Kier molecular flexibility index (Phi) is 7.43. The number of ether oxygens (including phenoxy) is 1. The van der Waals surface area contributed by atoms with Gasteiger partial charge in [0.15, 0.2) is 5.11 Å². The normalized spacial score (nSPS) is 10.4. The molecule has 0 aliphatic carbocycles. The molecule has 0 saturated heterocycles. The van der Waals surface area contributed by atoms with Gasteiger partial charge in [-0.15, -0.1) is 0 Å². The predicted octanol–water partition coefficient (Wildman–Crippen LogP) is 6.11. The lowest BCUT2D eigenvalue weighted by Crippen LogP contribution is -2.34. The highest BCUT2D eigenvalue weighted by atomic mass is 79.9. The van der Waals surface area contributed by atoms with Crippen LogP contribution in [0.15, 0.2) is 77.3 Å². The molecule has 0 spiro atoms. The second-order valence-electron chi connectivity index (χ2n) is 6.79. The largest absolute Gasteiger partial charge is 0.490 e.